The number of rotatable bonds is 9. The molecule has 0 aliphatic carbocycles. The number of anilines is 1. The molecule has 0 saturated heterocycles. The average molecular weight is 284 g/mol. The minimum absolute atomic E-state index is 0.0858. The van der Waals surface area contributed by atoms with Gasteiger partial charge in [-0.2, -0.15) is 0 Å². The van der Waals surface area contributed by atoms with Crippen LogP contribution in [0.2, 0.25) is 0 Å². The van der Waals surface area contributed by atoms with Gasteiger partial charge in [-0.3, -0.25) is 0 Å². The molecule has 0 spiro atoms. The highest BCUT2D eigenvalue weighted by Crippen LogP contribution is 2.24. The van der Waals surface area contributed by atoms with E-state index in [2.05, 4.69) is 4.90 Å². The first-order chi connectivity index (χ1) is 9.60. The number of halogens is 1. The summed E-state index contributed by atoms with van der Waals surface area (Å²) in [5.41, 5.74) is 7.36. The molecule has 2 N–H and O–H groups in total. The maximum absolute atomic E-state index is 14.1. The highest BCUT2D eigenvalue weighted by Gasteiger charge is 2.15. The molecule has 1 aromatic carbocycles. The molecule has 0 heterocycles. The Morgan fingerprint density at radius 3 is 2.30 bits per heavy atom. The topological polar surface area (TPSA) is 47.7 Å². The zero-order valence-corrected chi connectivity index (χ0v) is 12.6. The van der Waals surface area contributed by atoms with Gasteiger partial charge in [-0.1, -0.05) is 6.07 Å². The summed E-state index contributed by atoms with van der Waals surface area (Å²) in [5.74, 6) is -0.209. The molecule has 114 valence electrons. The van der Waals surface area contributed by atoms with Crippen molar-refractivity contribution in [3.8, 4) is 0 Å². The summed E-state index contributed by atoms with van der Waals surface area (Å²) in [7, 11) is 3.31. The van der Waals surface area contributed by atoms with E-state index in [1.807, 2.05) is 13.0 Å². The lowest BCUT2D eigenvalue weighted by atomic mass is 10.0. The molecule has 4 nitrogen and oxygen atoms in total. The Hall–Kier alpha value is -1.17. The summed E-state index contributed by atoms with van der Waals surface area (Å²) in [6.45, 7) is 4.42. The van der Waals surface area contributed by atoms with E-state index in [0.29, 0.717) is 38.3 Å². The van der Waals surface area contributed by atoms with Crippen LogP contribution in [0.15, 0.2) is 18.2 Å². The van der Waals surface area contributed by atoms with Gasteiger partial charge in [-0.05, 0) is 25.5 Å². The van der Waals surface area contributed by atoms with Gasteiger partial charge < -0.3 is 20.1 Å². The highest BCUT2D eigenvalue weighted by atomic mass is 19.1. The summed E-state index contributed by atoms with van der Waals surface area (Å²) in [6.07, 6.45) is 0.512. The number of nitrogens with zero attached hydrogens (tertiary/aromatic N) is 1. The van der Waals surface area contributed by atoms with Crippen molar-refractivity contribution in [2.75, 3.05) is 45.4 Å². The third kappa shape index (κ3) is 5.07. The van der Waals surface area contributed by atoms with Crippen LogP contribution in [0.5, 0.6) is 0 Å². The molecule has 1 unspecified atom stereocenters. The fourth-order valence-electron chi connectivity index (χ4n) is 2.12. The second-order valence-electron chi connectivity index (χ2n) is 4.89. The monoisotopic (exact) mass is 284 g/mol. The zero-order valence-electron chi connectivity index (χ0n) is 12.6. The fourth-order valence-corrected chi connectivity index (χ4v) is 2.12. The molecule has 0 bridgehead atoms. The number of benzene rings is 1. The van der Waals surface area contributed by atoms with Crippen molar-refractivity contribution < 1.29 is 13.9 Å². The van der Waals surface area contributed by atoms with Crippen LogP contribution in [-0.4, -0.2) is 46.6 Å². The van der Waals surface area contributed by atoms with Crippen molar-refractivity contribution in [2.24, 2.45) is 5.73 Å². The van der Waals surface area contributed by atoms with E-state index in [4.69, 9.17) is 15.2 Å². The lowest BCUT2D eigenvalue weighted by Gasteiger charge is -2.27. The Kier molecular flexibility index (Phi) is 7.51. The van der Waals surface area contributed by atoms with Crippen LogP contribution in [0.25, 0.3) is 0 Å². The molecule has 0 fully saturated rings. The SMILES string of the molecule is COCCN(CCOC)c1cccc(F)c1CC(C)N. The second kappa shape index (κ2) is 8.89. The van der Waals surface area contributed by atoms with Gasteiger partial charge >= 0.3 is 0 Å². The van der Waals surface area contributed by atoms with Gasteiger partial charge in [0.2, 0.25) is 0 Å². The van der Waals surface area contributed by atoms with Gasteiger partial charge in [0.1, 0.15) is 5.82 Å². The van der Waals surface area contributed by atoms with Crippen LogP contribution < -0.4 is 10.6 Å². The Labute approximate surface area is 120 Å². The molecular formula is C15H25FN2O2. The van der Waals surface area contributed by atoms with Crippen molar-refractivity contribution in [1.29, 1.82) is 0 Å². The third-order valence-corrected chi connectivity index (χ3v) is 3.09. The van der Waals surface area contributed by atoms with Gasteiger partial charge in [-0.15, -0.1) is 0 Å². The smallest absolute Gasteiger partial charge is 0.128 e. The molecule has 0 aromatic heterocycles. The first-order valence-electron chi connectivity index (χ1n) is 6.86. The molecule has 0 amide bonds. The minimum Gasteiger partial charge on any atom is -0.383 e. The quantitative estimate of drug-likeness (QED) is 0.751. The Morgan fingerprint density at radius 2 is 1.80 bits per heavy atom. The number of methoxy groups -OCH3 is 2. The van der Waals surface area contributed by atoms with Crippen molar-refractivity contribution in [3.63, 3.8) is 0 Å². The molecule has 1 rings (SSSR count). The van der Waals surface area contributed by atoms with E-state index >= 15 is 0 Å². The van der Waals surface area contributed by atoms with Crippen LogP contribution in [0.1, 0.15) is 12.5 Å². The fraction of sp³-hybridized carbons (Fsp3) is 0.600. The Bertz CT molecular complexity index is 391. The summed E-state index contributed by atoms with van der Waals surface area (Å²) in [5, 5.41) is 0. The van der Waals surface area contributed by atoms with Crippen LogP contribution >= 0.6 is 0 Å². The van der Waals surface area contributed by atoms with E-state index in [1.54, 1.807) is 20.3 Å². The van der Waals surface area contributed by atoms with E-state index in [1.165, 1.54) is 6.07 Å². The van der Waals surface area contributed by atoms with Gasteiger partial charge in [0.15, 0.2) is 0 Å². The van der Waals surface area contributed by atoms with Crippen molar-refractivity contribution in [3.05, 3.63) is 29.6 Å². The standard InChI is InChI=1S/C15H25FN2O2/c1-12(17)11-13-14(16)5-4-6-15(13)18(7-9-19-2)8-10-20-3/h4-6,12H,7-11,17H2,1-3H3. The van der Waals surface area contributed by atoms with Crippen molar-refractivity contribution >= 4 is 5.69 Å². The first kappa shape index (κ1) is 16.9. The lowest BCUT2D eigenvalue weighted by molar-refractivity contribution is 0.190. The van der Waals surface area contributed by atoms with Crippen molar-refractivity contribution in [2.45, 2.75) is 19.4 Å². The van der Waals surface area contributed by atoms with Gasteiger partial charge in [0.25, 0.3) is 0 Å². The zero-order chi connectivity index (χ0) is 15.0. The van der Waals surface area contributed by atoms with E-state index in [0.717, 1.165) is 5.69 Å². The number of hydrogen-bond donors (Lipinski definition) is 1. The normalized spacial score (nSPS) is 12.4. The van der Waals surface area contributed by atoms with Gasteiger partial charge in [0, 0.05) is 44.6 Å². The summed E-state index contributed by atoms with van der Waals surface area (Å²) in [6, 6.07) is 5.04. The average Bonchev–Trinajstić information content (AvgIpc) is 2.41. The summed E-state index contributed by atoms with van der Waals surface area (Å²) in [4.78, 5) is 2.08. The molecule has 1 aromatic rings. The maximum Gasteiger partial charge on any atom is 0.128 e. The molecule has 0 aliphatic rings. The molecule has 1 atom stereocenters. The summed E-state index contributed by atoms with van der Waals surface area (Å²) < 4.78 is 24.3. The van der Waals surface area contributed by atoms with Crippen LogP contribution in [-0.2, 0) is 15.9 Å². The largest absolute Gasteiger partial charge is 0.383 e. The van der Waals surface area contributed by atoms with Crippen molar-refractivity contribution in [1.82, 2.24) is 0 Å². The van der Waals surface area contributed by atoms with Crippen LogP contribution in [0, 0.1) is 5.82 Å². The van der Waals surface area contributed by atoms with Crippen LogP contribution in [0.4, 0.5) is 10.1 Å². The first-order valence-corrected chi connectivity index (χ1v) is 6.86. The third-order valence-electron chi connectivity index (χ3n) is 3.09. The molecular weight excluding hydrogens is 259 g/mol. The predicted octanol–water partition coefficient (Wildman–Crippen LogP) is 1.81. The lowest BCUT2D eigenvalue weighted by Crippen LogP contribution is -2.32. The Balaban J connectivity index is 3.00. The number of ether oxygens (including phenoxy) is 2. The molecule has 0 radical (unpaired) electrons. The highest BCUT2D eigenvalue weighted by molar-refractivity contribution is 5.54. The summed E-state index contributed by atoms with van der Waals surface area (Å²) >= 11 is 0. The van der Waals surface area contributed by atoms with E-state index in [9.17, 15) is 4.39 Å². The van der Waals surface area contributed by atoms with Gasteiger partial charge in [-0.25, -0.2) is 4.39 Å². The number of nitrogens with two attached hydrogens (primary N) is 1. The maximum atomic E-state index is 14.1. The molecule has 0 saturated carbocycles. The van der Waals surface area contributed by atoms with E-state index < -0.39 is 0 Å². The number of hydrogen-bond acceptors (Lipinski definition) is 4. The second-order valence-corrected chi connectivity index (χ2v) is 4.89. The molecule has 20 heavy (non-hydrogen) atoms. The minimum atomic E-state index is -0.209. The van der Waals surface area contributed by atoms with Gasteiger partial charge in [0.05, 0.1) is 13.2 Å². The molecule has 5 heteroatoms. The van der Waals surface area contributed by atoms with E-state index in [-0.39, 0.29) is 11.9 Å². The predicted molar refractivity (Wildman–Crippen MR) is 79.7 cm³/mol. The van der Waals surface area contributed by atoms with Crippen LogP contribution in [0.3, 0.4) is 0 Å². The Morgan fingerprint density at radius 1 is 1.20 bits per heavy atom. The molecule has 0 aliphatic heterocycles.